The second kappa shape index (κ2) is 16.7. The first-order chi connectivity index (χ1) is 32.7. The van der Waals surface area contributed by atoms with Gasteiger partial charge in [-0.1, -0.05) is 212 Å². The Morgan fingerprint density at radius 1 is 0.227 bits per heavy atom. The Morgan fingerprint density at radius 2 is 0.682 bits per heavy atom. The molecule has 0 saturated carbocycles. The number of rotatable bonds is 8. The molecular weight excluding hydrogens is 799 g/mol. The van der Waals surface area contributed by atoms with Gasteiger partial charge in [0.2, 0.25) is 0 Å². The minimum Gasteiger partial charge on any atom is -0.248 e. The van der Waals surface area contributed by atoms with E-state index in [1.165, 1.54) is 38.4 Å². The van der Waals surface area contributed by atoms with Crippen LogP contribution < -0.4 is 0 Å². The van der Waals surface area contributed by atoms with Crippen LogP contribution in [0.4, 0.5) is 0 Å². The second-order valence-electron chi connectivity index (χ2n) is 16.7. The van der Waals surface area contributed by atoms with Crippen molar-refractivity contribution in [2.24, 2.45) is 0 Å². The molecule has 0 fully saturated rings. The molecule has 0 aliphatic heterocycles. The summed E-state index contributed by atoms with van der Waals surface area (Å²) in [6.07, 6.45) is 0. The highest BCUT2D eigenvalue weighted by Gasteiger charge is 2.17. The summed E-state index contributed by atoms with van der Waals surface area (Å²) >= 11 is 0. The van der Waals surface area contributed by atoms with Gasteiger partial charge in [0, 0.05) is 27.6 Å². The van der Waals surface area contributed by atoms with Gasteiger partial charge in [0.25, 0.3) is 0 Å². The fourth-order valence-corrected chi connectivity index (χ4v) is 9.41. The molecule has 0 aliphatic rings. The highest BCUT2D eigenvalue weighted by molar-refractivity contribution is 6.14. The Bertz CT molecular complexity index is 3630. The Labute approximate surface area is 384 Å². The molecule has 0 aliphatic carbocycles. The lowest BCUT2D eigenvalue weighted by Crippen LogP contribution is -1.97. The van der Waals surface area contributed by atoms with Gasteiger partial charge in [-0.2, -0.15) is 0 Å². The lowest BCUT2D eigenvalue weighted by atomic mass is 9.92. The zero-order chi connectivity index (χ0) is 43.8. The summed E-state index contributed by atoms with van der Waals surface area (Å²) in [5.41, 5.74) is 17.0. The summed E-state index contributed by atoms with van der Waals surface area (Å²) in [6, 6.07) is 88.2. The third-order valence-corrected chi connectivity index (χ3v) is 12.7. The zero-order valence-electron chi connectivity index (χ0n) is 36.0. The molecule has 12 aromatic rings. The fourth-order valence-electron chi connectivity index (χ4n) is 9.41. The van der Waals surface area contributed by atoms with Crippen molar-refractivity contribution in [3.05, 3.63) is 249 Å². The summed E-state index contributed by atoms with van der Waals surface area (Å²) < 4.78 is 0. The van der Waals surface area contributed by atoms with E-state index in [0.717, 1.165) is 77.9 Å². The summed E-state index contributed by atoms with van der Waals surface area (Å²) in [5.74, 6) is 0.681. The number of aromatic nitrogens is 3. The van der Waals surface area contributed by atoms with E-state index >= 15 is 0 Å². The number of hydrogen-bond acceptors (Lipinski definition) is 3. The lowest BCUT2D eigenvalue weighted by Gasteiger charge is -2.15. The van der Waals surface area contributed by atoms with Crippen LogP contribution >= 0.6 is 0 Å². The smallest absolute Gasteiger partial charge is 0.161 e. The zero-order valence-corrected chi connectivity index (χ0v) is 36.0. The predicted molar refractivity (Wildman–Crippen MR) is 276 cm³/mol. The minimum atomic E-state index is 0.681. The molecule has 0 saturated heterocycles. The van der Waals surface area contributed by atoms with Crippen molar-refractivity contribution >= 4 is 32.4 Å². The molecule has 12 rings (SSSR count). The van der Waals surface area contributed by atoms with E-state index in [9.17, 15) is 0 Å². The molecule has 2 aromatic heterocycles. The number of hydrogen-bond donors (Lipinski definition) is 0. The van der Waals surface area contributed by atoms with Gasteiger partial charge in [0.1, 0.15) is 0 Å². The first kappa shape index (κ1) is 38.9. The maximum atomic E-state index is 5.36. The van der Waals surface area contributed by atoms with Crippen molar-refractivity contribution in [2.45, 2.75) is 0 Å². The molecular formula is C63H41N3. The average Bonchev–Trinajstić information content (AvgIpc) is 3.41. The summed E-state index contributed by atoms with van der Waals surface area (Å²) in [7, 11) is 0. The second-order valence-corrected chi connectivity index (χ2v) is 16.7. The molecule has 0 N–H and O–H groups in total. The fraction of sp³-hybridized carbons (Fsp3) is 0. The Morgan fingerprint density at radius 3 is 1.30 bits per heavy atom. The predicted octanol–water partition coefficient (Wildman–Crippen LogP) is 16.7. The van der Waals surface area contributed by atoms with Crippen LogP contribution in [0.3, 0.4) is 0 Å². The molecule has 0 radical (unpaired) electrons. The van der Waals surface area contributed by atoms with Crippen LogP contribution in [0.1, 0.15) is 0 Å². The largest absolute Gasteiger partial charge is 0.248 e. The van der Waals surface area contributed by atoms with Crippen molar-refractivity contribution in [3.8, 4) is 89.7 Å². The van der Waals surface area contributed by atoms with Crippen molar-refractivity contribution in [3.63, 3.8) is 0 Å². The summed E-state index contributed by atoms with van der Waals surface area (Å²) in [5, 5.41) is 5.82. The lowest BCUT2D eigenvalue weighted by molar-refractivity contribution is 1.19. The number of fused-ring (bicyclic) bond motifs is 4. The van der Waals surface area contributed by atoms with Gasteiger partial charge in [0.15, 0.2) is 5.82 Å². The summed E-state index contributed by atoms with van der Waals surface area (Å²) in [4.78, 5) is 16.0. The van der Waals surface area contributed by atoms with E-state index in [2.05, 4.69) is 249 Å². The van der Waals surface area contributed by atoms with Gasteiger partial charge in [-0.15, -0.1) is 0 Å². The first-order valence-corrected chi connectivity index (χ1v) is 22.4. The first-order valence-electron chi connectivity index (χ1n) is 22.4. The van der Waals surface area contributed by atoms with Crippen LogP contribution in [0.25, 0.3) is 122 Å². The van der Waals surface area contributed by atoms with Crippen LogP contribution in [0.15, 0.2) is 249 Å². The van der Waals surface area contributed by atoms with Crippen molar-refractivity contribution in [2.75, 3.05) is 0 Å². The van der Waals surface area contributed by atoms with Crippen molar-refractivity contribution in [1.29, 1.82) is 0 Å². The van der Waals surface area contributed by atoms with Gasteiger partial charge >= 0.3 is 0 Å². The molecule has 0 unspecified atom stereocenters. The number of benzene rings is 10. The van der Waals surface area contributed by atoms with E-state index in [0.29, 0.717) is 5.82 Å². The van der Waals surface area contributed by atoms with Crippen LogP contribution in [0.5, 0.6) is 0 Å². The third kappa shape index (κ3) is 7.29. The Hall–Kier alpha value is -8.79. The van der Waals surface area contributed by atoms with Gasteiger partial charge < -0.3 is 0 Å². The summed E-state index contributed by atoms with van der Waals surface area (Å²) in [6.45, 7) is 0. The van der Waals surface area contributed by atoms with E-state index in [-0.39, 0.29) is 0 Å². The molecule has 2 heterocycles. The molecule has 0 spiro atoms. The maximum absolute atomic E-state index is 5.36. The van der Waals surface area contributed by atoms with E-state index in [1.807, 2.05) is 0 Å². The standard InChI is InChI=1S/C63H41N3/c1-4-16-42(17-5-1)48-23-14-25-50(38-48)60-41-61(51-26-15-24-49(39-51)43-18-6-2-7-19-43)66-63(65-60)56-36-35-52(54-28-12-13-29-55(54)56)46-30-32-47(33-31-46)59-40-57(44-20-8-3-9-21-44)62-53-27-11-10-22-45(53)34-37-58(62)64-59/h1-41H. The monoisotopic (exact) mass is 839 g/mol. The Kier molecular flexibility index (Phi) is 9.85. The van der Waals surface area contributed by atoms with Crippen molar-refractivity contribution in [1.82, 2.24) is 15.0 Å². The molecule has 3 heteroatoms. The van der Waals surface area contributed by atoms with Crippen LogP contribution in [0.2, 0.25) is 0 Å². The SMILES string of the molecule is c1ccc(-c2cccc(-c3cc(-c4cccc(-c5ccccc5)c4)nc(-c4ccc(-c5ccc(-c6cc(-c7ccccc7)c7c(ccc8ccccc87)n6)cc5)c5ccccc45)n3)c2)cc1. The van der Waals surface area contributed by atoms with Crippen molar-refractivity contribution < 1.29 is 0 Å². The molecule has 308 valence electrons. The van der Waals surface area contributed by atoms with Crippen LogP contribution in [0, 0.1) is 0 Å². The molecule has 10 aromatic carbocycles. The van der Waals surface area contributed by atoms with E-state index in [4.69, 9.17) is 15.0 Å². The third-order valence-electron chi connectivity index (χ3n) is 12.7. The average molecular weight is 840 g/mol. The molecule has 3 nitrogen and oxygen atoms in total. The number of nitrogens with zero attached hydrogens (tertiary/aromatic N) is 3. The van der Waals surface area contributed by atoms with Gasteiger partial charge in [-0.3, -0.25) is 0 Å². The molecule has 0 atom stereocenters. The number of pyridine rings is 1. The van der Waals surface area contributed by atoms with Gasteiger partial charge in [0.05, 0.1) is 22.6 Å². The highest BCUT2D eigenvalue weighted by Crippen LogP contribution is 2.40. The normalized spacial score (nSPS) is 11.3. The van der Waals surface area contributed by atoms with E-state index < -0.39 is 0 Å². The highest BCUT2D eigenvalue weighted by atomic mass is 14.9. The minimum absolute atomic E-state index is 0.681. The maximum Gasteiger partial charge on any atom is 0.161 e. The Balaban J connectivity index is 0.962. The van der Waals surface area contributed by atoms with Crippen LogP contribution in [-0.4, -0.2) is 15.0 Å². The van der Waals surface area contributed by atoms with Gasteiger partial charge in [-0.05, 0) is 102 Å². The molecule has 66 heavy (non-hydrogen) atoms. The van der Waals surface area contributed by atoms with Gasteiger partial charge in [-0.25, -0.2) is 15.0 Å². The topological polar surface area (TPSA) is 38.7 Å². The quantitative estimate of drug-likeness (QED) is 0.143. The van der Waals surface area contributed by atoms with E-state index in [1.54, 1.807) is 0 Å². The van der Waals surface area contributed by atoms with Crippen LogP contribution in [-0.2, 0) is 0 Å². The molecule has 0 amide bonds. The molecule has 0 bridgehead atoms.